The lowest BCUT2D eigenvalue weighted by Crippen LogP contribution is -2.34. The maximum atomic E-state index is 14.3. The fraction of sp³-hybridized carbons (Fsp3) is 0.529. The van der Waals surface area contributed by atoms with Crippen LogP contribution in [0.5, 0.6) is 0 Å². The molecule has 1 aromatic heterocycles. The number of aromatic amines is 1. The minimum Gasteiger partial charge on any atom is -0.388 e. The summed E-state index contributed by atoms with van der Waals surface area (Å²) in [5.41, 5.74) is 7.62. The van der Waals surface area contributed by atoms with E-state index < -0.39 is 5.76 Å². The van der Waals surface area contributed by atoms with Crippen molar-refractivity contribution < 1.29 is 8.81 Å². The zero-order chi connectivity index (χ0) is 17.3. The van der Waals surface area contributed by atoms with Gasteiger partial charge in [0.15, 0.2) is 0 Å². The number of halogens is 3. The number of hydrogen-bond acceptors (Lipinski definition) is 5. The van der Waals surface area contributed by atoms with Gasteiger partial charge in [0, 0.05) is 28.9 Å². The van der Waals surface area contributed by atoms with Gasteiger partial charge in [-0.15, -0.1) is 29.9 Å². The molecule has 146 valence electrons. The molecule has 4 N–H and O–H groups in total. The lowest BCUT2D eigenvalue weighted by atomic mass is 9.82. The van der Waals surface area contributed by atoms with E-state index in [0.717, 1.165) is 25.7 Å². The molecule has 0 unspecified atom stereocenters. The Morgan fingerprint density at radius 3 is 2.54 bits per heavy atom. The number of anilines is 1. The molecule has 9 heteroatoms. The first kappa shape index (κ1) is 22.5. The molecular weight excluding hydrogens is 382 g/mol. The number of H-pyrrole nitrogens is 1. The highest BCUT2D eigenvalue weighted by Gasteiger charge is 2.24. The lowest BCUT2D eigenvalue weighted by Gasteiger charge is -2.32. The fourth-order valence-electron chi connectivity index (χ4n) is 3.31. The third-order valence-electron chi connectivity index (χ3n) is 4.94. The predicted octanol–water partition coefficient (Wildman–Crippen LogP) is 3.64. The van der Waals surface area contributed by atoms with Crippen molar-refractivity contribution in [1.29, 1.82) is 0 Å². The van der Waals surface area contributed by atoms with Crippen LogP contribution in [0.1, 0.15) is 38.2 Å². The standard InChI is InChI=1S/C17H23FN4O2.2ClH/c1-9-14(18)7-12(16-21-22-17(23)24-16)8-15(9)20-10(2)11-3-5-13(19)6-4-11;;/h7-8,10-11,13,20H,3-6,19H2,1-2H3,(H,22,23);2*1H/t10-,11?,13?;;/m0../s1. The Balaban J connectivity index is 0.00000169. The van der Waals surface area contributed by atoms with Gasteiger partial charge in [0.25, 0.3) is 0 Å². The van der Waals surface area contributed by atoms with E-state index in [1.807, 2.05) is 0 Å². The zero-order valence-corrected chi connectivity index (χ0v) is 16.4. The summed E-state index contributed by atoms with van der Waals surface area (Å²) in [5.74, 6) is -0.427. The number of benzene rings is 1. The van der Waals surface area contributed by atoms with Crippen molar-refractivity contribution in [1.82, 2.24) is 10.2 Å². The minimum atomic E-state index is -0.660. The smallest absolute Gasteiger partial charge is 0.388 e. The van der Waals surface area contributed by atoms with Crippen LogP contribution in [0.15, 0.2) is 21.3 Å². The molecule has 1 fully saturated rings. The maximum Gasteiger partial charge on any atom is 0.434 e. The van der Waals surface area contributed by atoms with Crippen molar-refractivity contribution in [3.63, 3.8) is 0 Å². The van der Waals surface area contributed by atoms with E-state index in [1.165, 1.54) is 6.07 Å². The fourth-order valence-corrected chi connectivity index (χ4v) is 3.31. The summed E-state index contributed by atoms with van der Waals surface area (Å²) < 4.78 is 19.2. The van der Waals surface area contributed by atoms with Gasteiger partial charge in [0.2, 0.25) is 5.89 Å². The van der Waals surface area contributed by atoms with E-state index in [0.29, 0.717) is 28.8 Å². The van der Waals surface area contributed by atoms with Crippen LogP contribution in [0.2, 0.25) is 0 Å². The van der Waals surface area contributed by atoms with E-state index in [9.17, 15) is 9.18 Å². The summed E-state index contributed by atoms with van der Waals surface area (Å²) in [6, 6.07) is 3.60. The molecule has 1 aliphatic rings. The largest absolute Gasteiger partial charge is 0.434 e. The minimum absolute atomic E-state index is 0. The Labute approximate surface area is 163 Å². The van der Waals surface area contributed by atoms with Crippen LogP contribution < -0.4 is 16.8 Å². The van der Waals surface area contributed by atoms with Crippen molar-refractivity contribution in [2.45, 2.75) is 51.6 Å². The first-order valence-electron chi connectivity index (χ1n) is 8.32. The molecule has 2 aromatic rings. The summed E-state index contributed by atoms with van der Waals surface area (Å²) in [6.07, 6.45) is 4.21. The molecule has 0 bridgehead atoms. The molecule has 1 atom stereocenters. The van der Waals surface area contributed by atoms with Crippen LogP contribution in [0.4, 0.5) is 10.1 Å². The molecule has 1 aromatic carbocycles. The van der Waals surface area contributed by atoms with E-state index in [-0.39, 0.29) is 42.6 Å². The highest BCUT2D eigenvalue weighted by molar-refractivity contribution is 5.85. The molecule has 1 saturated carbocycles. The molecule has 1 heterocycles. The van der Waals surface area contributed by atoms with Crippen LogP contribution in [-0.2, 0) is 0 Å². The Bertz CT molecular complexity index is 772. The van der Waals surface area contributed by atoms with Gasteiger partial charge in [-0.3, -0.25) is 0 Å². The molecule has 0 amide bonds. The van der Waals surface area contributed by atoms with Crippen LogP contribution in [0, 0.1) is 18.7 Å². The summed E-state index contributed by atoms with van der Waals surface area (Å²) in [6.45, 7) is 3.84. The zero-order valence-electron chi connectivity index (χ0n) is 14.8. The first-order valence-corrected chi connectivity index (χ1v) is 8.32. The highest BCUT2D eigenvalue weighted by atomic mass is 35.5. The van der Waals surface area contributed by atoms with Crippen molar-refractivity contribution in [2.24, 2.45) is 11.7 Å². The first-order chi connectivity index (χ1) is 11.4. The number of aromatic nitrogens is 2. The Hall–Kier alpha value is -1.57. The normalized spacial score (nSPS) is 20.6. The molecule has 0 radical (unpaired) electrons. The van der Waals surface area contributed by atoms with Crippen molar-refractivity contribution in [3.8, 4) is 11.5 Å². The second kappa shape index (κ2) is 9.39. The van der Waals surface area contributed by atoms with Gasteiger partial charge in [-0.25, -0.2) is 14.3 Å². The average Bonchev–Trinajstić information content (AvgIpc) is 2.98. The van der Waals surface area contributed by atoms with E-state index in [2.05, 4.69) is 22.4 Å². The van der Waals surface area contributed by atoms with Gasteiger partial charge in [-0.05, 0) is 57.6 Å². The van der Waals surface area contributed by atoms with E-state index in [1.54, 1.807) is 13.0 Å². The summed E-state index contributed by atoms with van der Waals surface area (Å²) in [4.78, 5) is 11.1. The molecule has 1 aliphatic carbocycles. The van der Waals surface area contributed by atoms with Crippen molar-refractivity contribution in [3.05, 3.63) is 34.1 Å². The third kappa shape index (κ3) is 4.99. The van der Waals surface area contributed by atoms with Crippen LogP contribution in [0.25, 0.3) is 11.5 Å². The van der Waals surface area contributed by atoms with Crippen LogP contribution in [-0.4, -0.2) is 22.3 Å². The van der Waals surface area contributed by atoms with Gasteiger partial charge in [0.1, 0.15) is 5.82 Å². The SMILES string of the molecule is Cc1c(F)cc(-c2n[nH]c(=O)o2)cc1N[C@@H](C)C1CCC(N)CC1.Cl.Cl. The summed E-state index contributed by atoms with van der Waals surface area (Å²) in [5, 5.41) is 9.37. The van der Waals surface area contributed by atoms with Gasteiger partial charge in [0.05, 0.1) is 0 Å². The predicted molar refractivity (Wildman–Crippen MR) is 105 cm³/mol. The van der Waals surface area contributed by atoms with Crippen LogP contribution in [0.3, 0.4) is 0 Å². The average molecular weight is 407 g/mol. The number of nitrogens with zero attached hydrogens (tertiary/aromatic N) is 1. The van der Waals surface area contributed by atoms with Gasteiger partial charge in [-0.2, -0.15) is 0 Å². The van der Waals surface area contributed by atoms with Gasteiger partial charge in [-0.1, -0.05) is 0 Å². The summed E-state index contributed by atoms with van der Waals surface area (Å²) in [7, 11) is 0. The Kier molecular flexibility index (Phi) is 8.12. The molecule has 6 nitrogen and oxygen atoms in total. The maximum absolute atomic E-state index is 14.3. The van der Waals surface area contributed by atoms with Gasteiger partial charge >= 0.3 is 5.76 Å². The topological polar surface area (TPSA) is 96.9 Å². The molecule has 0 spiro atoms. The molecule has 3 rings (SSSR count). The van der Waals surface area contributed by atoms with Crippen LogP contribution >= 0.6 is 24.8 Å². The second-order valence-electron chi connectivity index (χ2n) is 6.66. The molecule has 0 saturated heterocycles. The van der Waals surface area contributed by atoms with E-state index >= 15 is 0 Å². The van der Waals surface area contributed by atoms with Gasteiger partial charge < -0.3 is 15.5 Å². The third-order valence-corrected chi connectivity index (χ3v) is 4.94. The molecule has 26 heavy (non-hydrogen) atoms. The lowest BCUT2D eigenvalue weighted by molar-refractivity contribution is 0.302. The number of nitrogens with two attached hydrogens (primary N) is 1. The number of rotatable bonds is 4. The Morgan fingerprint density at radius 2 is 1.96 bits per heavy atom. The summed E-state index contributed by atoms with van der Waals surface area (Å²) >= 11 is 0. The Morgan fingerprint density at radius 1 is 1.31 bits per heavy atom. The number of nitrogens with one attached hydrogen (secondary N) is 2. The quantitative estimate of drug-likeness (QED) is 0.719. The van der Waals surface area contributed by atoms with Crippen molar-refractivity contribution in [2.75, 3.05) is 5.32 Å². The second-order valence-corrected chi connectivity index (χ2v) is 6.66. The van der Waals surface area contributed by atoms with E-state index in [4.69, 9.17) is 10.2 Å². The molecule has 0 aliphatic heterocycles. The monoisotopic (exact) mass is 406 g/mol. The van der Waals surface area contributed by atoms with Crippen molar-refractivity contribution >= 4 is 30.5 Å². The molecular formula is C17H25Cl2FN4O2. The number of hydrogen-bond donors (Lipinski definition) is 3. The highest BCUT2D eigenvalue weighted by Crippen LogP contribution is 2.31.